The molecule has 0 radical (unpaired) electrons. The number of nitrogens with zero attached hydrogens (tertiary/aromatic N) is 1. The van der Waals surface area contributed by atoms with Crippen molar-refractivity contribution < 1.29 is 26.7 Å². The van der Waals surface area contributed by atoms with E-state index in [1.54, 1.807) is 24.3 Å². The first-order chi connectivity index (χ1) is 21.5. The molecule has 6 nitrogen and oxygen atoms in total. The molecule has 242 valence electrons. The smallest absolute Gasteiger partial charge is 0.298 e. The van der Waals surface area contributed by atoms with Gasteiger partial charge in [0.25, 0.3) is 5.92 Å². The van der Waals surface area contributed by atoms with E-state index in [1.165, 1.54) is 71.9 Å². The monoisotopic (exact) mass is 676 g/mol. The van der Waals surface area contributed by atoms with Crippen molar-refractivity contribution in [3.63, 3.8) is 0 Å². The maximum atomic E-state index is 16.5. The molecule has 3 fully saturated rings. The Morgan fingerprint density at radius 3 is 2.22 bits per heavy atom. The van der Waals surface area contributed by atoms with Crippen LogP contribution in [0.1, 0.15) is 70.3 Å². The van der Waals surface area contributed by atoms with E-state index < -0.39 is 33.5 Å². The summed E-state index contributed by atoms with van der Waals surface area (Å²) in [4.78, 5) is 16.2. The molecule has 11 heteroatoms. The third-order valence-electron chi connectivity index (χ3n) is 9.58. The quantitative estimate of drug-likeness (QED) is 0.235. The molecule has 1 aliphatic carbocycles. The molecule has 3 unspecified atom stereocenters. The van der Waals surface area contributed by atoms with Crippen LogP contribution in [0, 0.1) is 11.8 Å². The fourth-order valence-corrected chi connectivity index (χ4v) is 9.47. The zero-order valence-corrected chi connectivity index (χ0v) is 27.7. The van der Waals surface area contributed by atoms with Crippen molar-refractivity contribution in [1.82, 2.24) is 9.62 Å². The summed E-state index contributed by atoms with van der Waals surface area (Å²) in [6, 6.07) is 12.2. The maximum absolute atomic E-state index is 16.5. The molecule has 1 amide bonds. The lowest BCUT2D eigenvalue weighted by molar-refractivity contribution is -0.149. The van der Waals surface area contributed by atoms with Crippen molar-refractivity contribution in [2.45, 2.75) is 93.7 Å². The highest BCUT2D eigenvalue weighted by Gasteiger charge is 2.53. The molecular weight excluding hydrogens is 638 g/mol. The minimum absolute atomic E-state index is 0.180. The number of piperidine rings is 1. The number of rotatable bonds is 10. The van der Waals surface area contributed by atoms with Gasteiger partial charge < -0.3 is 9.64 Å². The number of hydrogen-bond donors (Lipinski definition) is 1. The molecule has 3 heterocycles. The molecule has 3 aliphatic rings. The zero-order chi connectivity index (χ0) is 31.8. The molecule has 45 heavy (non-hydrogen) atoms. The van der Waals surface area contributed by atoms with E-state index in [1.807, 2.05) is 0 Å². The van der Waals surface area contributed by atoms with Gasteiger partial charge in [-0.05, 0) is 92.3 Å². The average molecular weight is 677 g/mol. The number of amides is 1. The predicted molar refractivity (Wildman–Crippen MR) is 173 cm³/mol. The van der Waals surface area contributed by atoms with Crippen molar-refractivity contribution in [2.24, 2.45) is 11.8 Å². The van der Waals surface area contributed by atoms with Gasteiger partial charge in [0.2, 0.25) is 15.9 Å². The van der Waals surface area contributed by atoms with E-state index in [0.717, 1.165) is 30.6 Å². The van der Waals surface area contributed by atoms with Crippen LogP contribution in [0.5, 0.6) is 5.75 Å². The Morgan fingerprint density at radius 1 is 0.978 bits per heavy atom. The fourth-order valence-electron chi connectivity index (χ4n) is 7.24. The van der Waals surface area contributed by atoms with Crippen molar-refractivity contribution in [2.75, 3.05) is 6.61 Å². The molecule has 6 rings (SSSR count). The Labute approximate surface area is 273 Å². The largest absolute Gasteiger partial charge is 0.493 e. The average Bonchev–Trinajstić information content (AvgIpc) is 3.59. The third-order valence-corrected chi connectivity index (χ3v) is 12.3. The summed E-state index contributed by atoms with van der Waals surface area (Å²) in [7, 11) is -4.51. The lowest BCUT2D eigenvalue weighted by Gasteiger charge is -2.41. The Hall–Kier alpha value is -2.53. The summed E-state index contributed by atoms with van der Waals surface area (Å²) >= 11 is 7.38. The Balaban J connectivity index is 1.26. The van der Waals surface area contributed by atoms with Gasteiger partial charge in [-0.15, -0.1) is 11.3 Å². The second-order valence-corrected chi connectivity index (χ2v) is 16.3. The first kappa shape index (κ1) is 32.4. The van der Waals surface area contributed by atoms with Crippen LogP contribution in [0.4, 0.5) is 8.78 Å². The van der Waals surface area contributed by atoms with Crippen LogP contribution in [0.25, 0.3) is 10.4 Å². The highest BCUT2D eigenvalue weighted by molar-refractivity contribution is 7.89. The lowest BCUT2D eigenvalue weighted by atomic mass is 9.90. The van der Waals surface area contributed by atoms with E-state index in [2.05, 4.69) is 11.6 Å². The maximum Gasteiger partial charge on any atom is 0.298 e. The van der Waals surface area contributed by atoms with Crippen molar-refractivity contribution in [1.29, 1.82) is 0 Å². The van der Waals surface area contributed by atoms with Gasteiger partial charge in [-0.1, -0.05) is 62.1 Å². The number of ether oxygens (including phenoxy) is 1. The Bertz CT molecular complexity index is 1580. The zero-order valence-electron chi connectivity index (χ0n) is 25.3. The molecule has 2 saturated heterocycles. The second kappa shape index (κ2) is 13.3. The Morgan fingerprint density at radius 2 is 1.62 bits per heavy atom. The number of thiophene rings is 1. The van der Waals surface area contributed by atoms with Crippen LogP contribution >= 0.6 is 22.9 Å². The van der Waals surface area contributed by atoms with Crippen LogP contribution in [0.3, 0.4) is 0 Å². The molecule has 3 aromatic rings. The molecule has 1 aromatic heterocycles. The number of carbonyl (C=O) groups excluding carboxylic acids is 1. The van der Waals surface area contributed by atoms with E-state index >= 15 is 8.78 Å². The van der Waals surface area contributed by atoms with Gasteiger partial charge in [-0.3, -0.25) is 4.79 Å². The molecular formula is C34H39ClF2N2O4S2. The van der Waals surface area contributed by atoms with Gasteiger partial charge >= 0.3 is 0 Å². The first-order valence-electron chi connectivity index (χ1n) is 15.8. The number of carbonyl (C=O) groups is 1. The standard InChI is InChI=1S/C34H39ClF2N2O4S2/c1-22-19-26-11-12-27(20-22)39(26)33(40)32(34(36,37)25-9-7-24(8-10-25)30-17-18-31(35)44-30)38-45(41,42)29-15-13-28(14-16-29)43-21-23-5-3-2-4-6-23/h7-10,13-18,22-23,26-27,32,38H,2-6,11-12,19-21H2,1H3. The highest BCUT2D eigenvalue weighted by Crippen LogP contribution is 2.42. The summed E-state index contributed by atoms with van der Waals surface area (Å²) in [5.74, 6) is -3.35. The lowest BCUT2D eigenvalue weighted by Crippen LogP contribution is -2.59. The van der Waals surface area contributed by atoms with Crippen molar-refractivity contribution in [3.8, 4) is 16.2 Å². The number of halogens is 3. The SMILES string of the molecule is CC1CC2CCC(C1)N2C(=O)C(NS(=O)(=O)c1ccc(OCC2CCCCC2)cc1)C(F)(F)c1ccc(-c2ccc(Cl)s2)cc1. The number of benzene rings is 2. The van der Waals surface area contributed by atoms with E-state index in [4.69, 9.17) is 16.3 Å². The number of nitrogens with one attached hydrogen (secondary N) is 1. The predicted octanol–water partition coefficient (Wildman–Crippen LogP) is 8.26. The van der Waals surface area contributed by atoms with Crippen molar-refractivity contribution in [3.05, 3.63) is 70.6 Å². The molecule has 1 N–H and O–H groups in total. The minimum atomic E-state index is -4.51. The molecule has 2 aliphatic heterocycles. The number of sulfonamides is 1. The van der Waals surface area contributed by atoms with Crippen LogP contribution < -0.4 is 9.46 Å². The van der Waals surface area contributed by atoms with Gasteiger partial charge in [0.1, 0.15) is 5.75 Å². The van der Waals surface area contributed by atoms with Gasteiger partial charge in [-0.2, -0.15) is 13.5 Å². The van der Waals surface area contributed by atoms with Crippen molar-refractivity contribution >= 4 is 38.9 Å². The molecule has 0 spiro atoms. The van der Waals surface area contributed by atoms with Gasteiger partial charge in [0.15, 0.2) is 6.04 Å². The molecule has 3 atom stereocenters. The van der Waals surface area contributed by atoms with Crippen LogP contribution in [0.2, 0.25) is 4.34 Å². The number of fused-ring (bicyclic) bond motifs is 2. The summed E-state index contributed by atoms with van der Waals surface area (Å²) in [5, 5.41) is 0. The van der Waals surface area contributed by atoms with Gasteiger partial charge in [-0.25, -0.2) is 8.42 Å². The first-order valence-corrected chi connectivity index (χ1v) is 18.5. The Kier molecular flexibility index (Phi) is 9.58. The molecule has 2 aromatic carbocycles. The summed E-state index contributed by atoms with van der Waals surface area (Å²) < 4.78 is 68.9. The van der Waals surface area contributed by atoms with Gasteiger partial charge in [0.05, 0.1) is 15.8 Å². The van der Waals surface area contributed by atoms with Crippen LogP contribution in [-0.4, -0.2) is 44.0 Å². The van der Waals surface area contributed by atoms with Crippen LogP contribution in [-0.2, 0) is 20.7 Å². The second-order valence-electron chi connectivity index (χ2n) is 12.9. The minimum Gasteiger partial charge on any atom is -0.493 e. The summed E-state index contributed by atoms with van der Waals surface area (Å²) in [6.07, 6.45) is 8.73. The fraction of sp³-hybridized carbons (Fsp3) is 0.500. The van der Waals surface area contributed by atoms with Crippen LogP contribution in [0.15, 0.2) is 65.6 Å². The number of alkyl halides is 2. The van der Waals surface area contributed by atoms with Gasteiger partial charge in [0, 0.05) is 22.5 Å². The normalized spacial score (nSPS) is 23.2. The summed E-state index contributed by atoms with van der Waals surface area (Å²) in [5.41, 5.74) is 0.253. The topological polar surface area (TPSA) is 75.7 Å². The molecule has 2 bridgehead atoms. The van der Waals surface area contributed by atoms with E-state index in [9.17, 15) is 13.2 Å². The number of hydrogen-bond acceptors (Lipinski definition) is 5. The highest BCUT2D eigenvalue weighted by atomic mass is 35.5. The van der Waals surface area contributed by atoms with E-state index in [-0.39, 0.29) is 17.0 Å². The molecule has 1 saturated carbocycles. The van der Waals surface area contributed by atoms with E-state index in [0.29, 0.717) is 46.9 Å². The third kappa shape index (κ3) is 7.09. The summed E-state index contributed by atoms with van der Waals surface area (Å²) in [6.45, 7) is 2.66.